The smallest absolute Gasteiger partial charge is 0.254 e. The van der Waals surface area contributed by atoms with Crippen molar-refractivity contribution in [2.75, 3.05) is 26.2 Å². The van der Waals surface area contributed by atoms with E-state index in [1.54, 1.807) is 11.8 Å². The van der Waals surface area contributed by atoms with E-state index in [2.05, 4.69) is 4.98 Å². The third-order valence-electron chi connectivity index (χ3n) is 6.77. The molecule has 4 heterocycles. The number of hydrogen-bond donors (Lipinski definition) is 0. The fourth-order valence-electron chi connectivity index (χ4n) is 5.09. The van der Waals surface area contributed by atoms with E-state index in [-0.39, 0.29) is 29.9 Å². The number of carbonyl (C=O) groups is 2. The van der Waals surface area contributed by atoms with Crippen LogP contribution in [0.3, 0.4) is 0 Å². The third-order valence-corrected chi connectivity index (χ3v) is 7.88. The predicted molar refractivity (Wildman–Crippen MR) is 136 cm³/mol. The Bertz CT molecular complexity index is 1160. The Kier molecular flexibility index (Phi) is 7.11. The molecule has 2 aromatic heterocycles. The number of ether oxygens (including phenoxy) is 1. The molecule has 8 heteroatoms. The van der Waals surface area contributed by atoms with E-state index in [0.717, 1.165) is 21.8 Å². The quantitative estimate of drug-likeness (QED) is 0.502. The summed E-state index contributed by atoms with van der Waals surface area (Å²) >= 11 is 1.64. The van der Waals surface area contributed by atoms with Crippen molar-refractivity contribution in [1.82, 2.24) is 19.2 Å². The lowest BCUT2D eigenvalue weighted by Gasteiger charge is -2.39. The van der Waals surface area contributed by atoms with E-state index < -0.39 is 0 Å². The van der Waals surface area contributed by atoms with Crippen molar-refractivity contribution >= 4 is 29.2 Å². The first kappa shape index (κ1) is 23.9. The second-order valence-corrected chi connectivity index (χ2v) is 10.6. The summed E-state index contributed by atoms with van der Waals surface area (Å²) in [4.78, 5) is 36.0. The lowest BCUT2D eigenvalue weighted by molar-refractivity contribution is -0.148. The summed E-state index contributed by atoms with van der Waals surface area (Å²) in [7, 11) is 0. The first-order chi connectivity index (χ1) is 17.0. The van der Waals surface area contributed by atoms with Crippen molar-refractivity contribution in [3.63, 3.8) is 0 Å². The van der Waals surface area contributed by atoms with Gasteiger partial charge in [-0.2, -0.15) is 0 Å². The van der Waals surface area contributed by atoms with E-state index in [9.17, 15) is 9.59 Å². The number of carbonyl (C=O) groups excluding carboxylic acids is 2. The number of amides is 2. The van der Waals surface area contributed by atoms with Gasteiger partial charge in [-0.25, -0.2) is 4.98 Å². The van der Waals surface area contributed by atoms with Crippen LogP contribution >= 0.6 is 11.8 Å². The molecule has 184 valence electrons. The van der Waals surface area contributed by atoms with Crippen LogP contribution in [0.5, 0.6) is 0 Å². The van der Waals surface area contributed by atoms with Crippen molar-refractivity contribution in [2.24, 2.45) is 5.92 Å². The number of imidazole rings is 1. The number of fused-ring (bicyclic) bond motifs is 1. The number of likely N-dealkylation sites (tertiary alicyclic amines) is 1. The molecule has 2 fully saturated rings. The molecule has 2 saturated heterocycles. The Labute approximate surface area is 210 Å². The molecule has 2 unspecified atom stereocenters. The number of aromatic nitrogens is 2. The summed E-state index contributed by atoms with van der Waals surface area (Å²) in [5.74, 6) is 0.931. The van der Waals surface area contributed by atoms with Gasteiger partial charge in [0.25, 0.3) is 5.91 Å². The topological polar surface area (TPSA) is 67.2 Å². The van der Waals surface area contributed by atoms with Gasteiger partial charge >= 0.3 is 0 Å². The van der Waals surface area contributed by atoms with Gasteiger partial charge in [0.15, 0.2) is 0 Å². The largest absolute Gasteiger partial charge is 0.372 e. The zero-order valence-corrected chi connectivity index (χ0v) is 21.1. The van der Waals surface area contributed by atoms with Crippen molar-refractivity contribution in [2.45, 2.75) is 49.5 Å². The molecule has 5 rings (SSSR count). The highest BCUT2D eigenvalue weighted by molar-refractivity contribution is 7.98. The molecule has 1 aromatic carbocycles. The number of morpholine rings is 1. The first-order valence-corrected chi connectivity index (χ1v) is 13.3. The van der Waals surface area contributed by atoms with Crippen LogP contribution in [0.4, 0.5) is 0 Å². The van der Waals surface area contributed by atoms with Gasteiger partial charge in [-0.1, -0.05) is 18.2 Å². The summed E-state index contributed by atoms with van der Waals surface area (Å²) in [5, 5.41) is 0. The molecule has 35 heavy (non-hydrogen) atoms. The minimum absolute atomic E-state index is 0.0174. The highest BCUT2D eigenvalue weighted by Crippen LogP contribution is 2.29. The maximum absolute atomic E-state index is 13.4. The Morgan fingerprint density at radius 2 is 1.71 bits per heavy atom. The van der Waals surface area contributed by atoms with Crippen LogP contribution in [0.1, 0.15) is 42.7 Å². The molecule has 2 amide bonds. The van der Waals surface area contributed by atoms with Crippen LogP contribution in [0.15, 0.2) is 59.8 Å². The van der Waals surface area contributed by atoms with Crippen molar-refractivity contribution in [1.29, 1.82) is 0 Å². The number of nitrogens with zero attached hydrogens (tertiary/aromatic N) is 4. The van der Waals surface area contributed by atoms with E-state index >= 15 is 0 Å². The molecule has 2 aliphatic heterocycles. The second kappa shape index (κ2) is 10.4. The maximum Gasteiger partial charge on any atom is 0.254 e. The highest BCUT2D eigenvalue weighted by atomic mass is 32.2. The zero-order chi connectivity index (χ0) is 24.4. The number of thioether (sulfide) groups is 1. The minimum atomic E-state index is -0.0174. The summed E-state index contributed by atoms with van der Waals surface area (Å²) in [6.07, 6.45) is 5.58. The van der Waals surface area contributed by atoms with E-state index in [1.807, 2.05) is 82.9 Å². The molecule has 0 saturated carbocycles. The fourth-order valence-corrected chi connectivity index (χ4v) is 6.02. The lowest BCUT2D eigenvalue weighted by atomic mass is 9.94. The van der Waals surface area contributed by atoms with Crippen LogP contribution in [-0.2, 0) is 15.3 Å². The number of pyridine rings is 1. The monoisotopic (exact) mass is 492 g/mol. The van der Waals surface area contributed by atoms with Gasteiger partial charge in [-0.15, -0.1) is 11.8 Å². The molecular formula is C27H32N4O3S. The number of piperidine rings is 1. The van der Waals surface area contributed by atoms with Gasteiger partial charge < -0.3 is 18.9 Å². The molecule has 0 radical (unpaired) electrons. The van der Waals surface area contributed by atoms with Crippen LogP contribution in [-0.4, -0.2) is 69.4 Å². The molecule has 3 aromatic rings. The Morgan fingerprint density at radius 3 is 2.46 bits per heavy atom. The first-order valence-electron chi connectivity index (χ1n) is 12.4. The number of hydrogen-bond acceptors (Lipinski definition) is 5. The van der Waals surface area contributed by atoms with Crippen molar-refractivity contribution in [3.05, 3.63) is 66.1 Å². The maximum atomic E-state index is 13.4. The molecule has 2 atom stereocenters. The fraction of sp³-hybridized carbons (Fsp3) is 0.444. The van der Waals surface area contributed by atoms with Crippen LogP contribution in [0, 0.1) is 5.92 Å². The summed E-state index contributed by atoms with van der Waals surface area (Å²) in [5.41, 5.74) is 2.63. The van der Waals surface area contributed by atoms with Gasteiger partial charge in [-0.3, -0.25) is 9.59 Å². The lowest BCUT2D eigenvalue weighted by Crippen LogP contribution is -2.51. The minimum Gasteiger partial charge on any atom is -0.372 e. The van der Waals surface area contributed by atoms with E-state index in [1.165, 1.54) is 0 Å². The SMILES string of the molecule is CC1CN(C(=O)C2CCN(C(=O)c3ccccc3SCc3cn4ccccc4n3)CC2)CC(C)O1. The standard InChI is InChI=1S/C27H32N4O3S/c1-19-15-31(16-20(2)34-19)26(32)21-10-13-29(14-11-21)27(33)23-7-3-4-8-24(23)35-18-22-17-30-12-6-5-9-25(30)28-22/h3-9,12,17,19-21H,10-11,13-16,18H2,1-2H3. The number of benzene rings is 1. The average Bonchev–Trinajstić information content (AvgIpc) is 3.29. The van der Waals surface area contributed by atoms with Crippen LogP contribution in [0.2, 0.25) is 0 Å². The normalized spacial score (nSPS) is 21.4. The Morgan fingerprint density at radius 1 is 1.00 bits per heavy atom. The van der Waals surface area contributed by atoms with Gasteiger partial charge in [0.05, 0.1) is 23.5 Å². The van der Waals surface area contributed by atoms with Gasteiger partial charge in [-0.05, 0) is 51.0 Å². The Balaban J connectivity index is 1.20. The molecular weight excluding hydrogens is 460 g/mol. The van der Waals surface area contributed by atoms with Gasteiger partial charge in [0.2, 0.25) is 5.91 Å². The summed E-state index contributed by atoms with van der Waals surface area (Å²) in [6, 6.07) is 13.7. The highest BCUT2D eigenvalue weighted by Gasteiger charge is 2.34. The number of rotatable bonds is 5. The zero-order valence-electron chi connectivity index (χ0n) is 20.3. The van der Waals surface area contributed by atoms with Gasteiger partial charge in [0, 0.05) is 55.1 Å². The van der Waals surface area contributed by atoms with E-state index in [0.29, 0.717) is 44.8 Å². The van der Waals surface area contributed by atoms with Crippen molar-refractivity contribution in [3.8, 4) is 0 Å². The molecule has 0 spiro atoms. The molecule has 7 nitrogen and oxygen atoms in total. The molecule has 0 bridgehead atoms. The summed E-state index contributed by atoms with van der Waals surface area (Å²) in [6.45, 7) is 6.55. The summed E-state index contributed by atoms with van der Waals surface area (Å²) < 4.78 is 7.78. The Hall–Kier alpha value is -2.84. The van der Waals surface area contributed by atoms with Gasteiger partial charge in [0.1, 0.15) is 5.65 Å². The predicted octanol–water partition coefficient (Wildman–Crippen LogP) is 4.11. The van der Waals surface area contributed by atoms with Crippen LogP contribution in [0.25, 0.3) is 5.65 Å². The average molecular weight is 493 g/mol. The van der Waals surface area contributed by atoms with Crippen LogP contribution < -0.4 is 0 Å². The second-order valence-electron chi connectivity index (χ2n) is 9.55. The third kappa shape index (κ3) is 5.38. The molecule has 0 N–H and O–H groups in total. The molecule has 0 aliphatic carbocycles. The van der Waals surface area contributed by atoms with Crippen molar-refractivity contribution < 1.29 is 14.3 Å². The molecule has 2 aliphatic rings. The van der Waals surface area contributed by atoms with E-state index in [4.69, 9.17) is 4.74 Å².